The van der Waals surface area contributed by atoms with Crippen molar-refractivity contribution in [3.63, 3.8) is 0 Å². The molecule has 0 aliphatic heterocycles. The SMILES string of the molecule is CSCC(C)n1c(C(C)Cl)nc2ccc(Cl)cc21. The molecule has 2 aromatic rings. The molecule has 0 spiro atoms. The average Bonchev–Trinajstić information content (AvgIpc) is 2.67. The Morgan fingerprint density at radius 1 is 1.39 bits per heavy atom. The smallest absolute Gasteiger partial charge is 0.127 e. The van der Waals surface area contributed by atoms with Crippen LogP contribution in [-0.2, 0) is 0 Å². The molecule has 0 saturated heterocycles. The number of benzene rings is 1. The van der Waals surface area contributed by atoms with Crippen molar-refractivity contribution in [2.75, 3.05) is 12.0 Å². The number of hydrogen-bond donors (Lipinski definition) is 0. The molecule has 2 atom stereocenters. The molecular weight excluding hydrogens is 287 g/mol. The zero-order valence-corrected chi connectivity index (χ0v) is 13.0. The maximum absolute atomic E-state index is 6.24. The van der Waals surface area contributed by atoms with E-state index in [9.17, 15) is 0 Å². The summed E-state index contributed by atoms with van der Waals surface area (Å²) >= 11 is 14.1. The van der Waals surface area contributed by atoms with Crippen molar-refractivity contribution in [1.82, 2.24) is 9.55 Å². The highest BCUT2D eigenvalue weighted by atomic mass is 35.5. The summed E-state index contributed by atoms with van der Waals surface area (Å²) < 4.78 is 2.20. The Morgan fingerprint density at radius 3 is 2.72 bits per heavy atom. The van der Waals surface area contributed by atoms with E-state index in [2.05, 4.69) is 22.7 Å². The van der Waals surface area contributed by atoms with Crippen LogP contribution in [0.2, 0.25) is 5.02 Å². The fraction of sp³-hybridized carbons (Fsp3) is 0.462. The predicted octanol–water partition coefficient (Wildman–Crippen LogP) is 4.91. The van der Waals surface area contributed by atoms with Crippen LogP contribution in [0.15, 0.2) is 18.2 Å². The molecule has 98 valence electrons. The second-order valence-corrected chi connectivity index (χ2v) is 6.40. The topological polar surface area (TPSA) is 17.8 Å². The van der Waals surface area contributed by atoms with Gasteiger partial charge < -0.3 is 4.57 Å². The van der Waals surface area contributed by atoms with Crippen LogP contribution >= 0.6 is 35.0 Å². The summed E-state index contributed by atoms with van der Waals surface area (Å²) in [4.78, 5) is 4.62. The Bertz CT molecular complexity index is 551. The molecule has 0 aliphatic rings. The minimum atomic E-state index is -0.111. The number of rotatable bonds is 4. The third-order valence-corrected chi connectivity index (χ3v) is 4.13. The Labute approximate surface area is 122 Å². The highest BCUT2D eigenvalue weighted by molar-refractivity contribution is 7.98. The summed E-state index contributed by atoms with van der Waals surface area (Å²) in [5.41, 5.74) is 2.02. The van der Waals surface area contributed by atoms with E-state index in [0.29, 0.717) is 6.04 Å². The second-order valence-electron chi connectivity index (χ2n) is 4.39. The molecule has 0 N–H and O–H groups in total. The van der Waals surface area contributed by atoms with Gasteiger partial charge in [-0.05, 0) is 38.3 Å². The molecule has 0 fully saturated rings. The fourth-order valence-corrected chi connectivity index (χ4v) is 3.10. The number of alkyl halides is 1. The number of hydrogen-bond acceptors (Lipinski definition) is 2. The predicted molar refractivity (Wildman–Crippen MR) is 82.1 cm³/mol. The standard InChI is InChI=1S/C13H16Cl2N2S/c1-8(7-18-3)17-12-6-10(15)4-5-11(12)16-13(17)9(2)14/h4-6,8-9H,7H2,1-3H3. The van der Waals surface area contributed by atoms with Gasteiger partial charge >= 0.3 is 0 Å². The zero-order chi connectivity index (χ0) is 13.3. The summed E-state index contributed by atoms with van der Waals surface area (Å²) in [5.74, 6) is 1.93. The third-order valence-electron chi connectivity index (χ3n) is 2.88. The summed E-state index contributed by atoms with van der Waals surface area (Å²) in [5, 5.41) is 0.620. The highest BCUT2D eigenvalue weighted by Gasteiger charge is 2.18. The fourth-order valence-electron chi connectivity index (χ4n) is 2.14. The monoisotopic (exact) mass is 302 g/mol. The van der Waals surface area contributed by atoms with E-state index in [0.717, 1.165) is 27.6 Å². The van der Waals surface area contributed by atoms with Gasteiger partial charge in [-0.2, -0.15) is 11.8 Å². The maximum atomic E-state index is 6.24. The van der Waals surface area contributed by atoms with Gasteiger partial charge in [0.1, 0.15) is 5.82 Å². The molecule has 1 aromatic heterocycles. The summed E-state index contributed by atoms with van der Waals surface area (Å²) in [6.45, 7) is 4.13. The van der Waals surface area contributed by atoms with Gasteiger partial charge in [0.25, 0.3) is 0 Å². The lowest BCUT2D eigenvalue weighted by molar-refractivity contribution is 0.593. The zero-order valence-electron chi connectivity index (χ0n) is 10.7. The van der Waals surface area contributed by atoms with Crippen molar-refractivity contribution in [3.05, 3.63) is 29.0 Å². The van der Waals surface area contributed by atoms with Gasteiger partial charge in [-0.1, -0.05) is 11.6 Å². The first kappa shape index (κ1) is 14.0. The maximum Gasteiger partial charge on any atom is 0.127 e. The van der Waals surface area contributed by atoms with E-state index in [1.807, 2.05) is 36.9 Å². The Kier molecular flexibility index (Phi) is 4.46. The first-order valence-electron chi connectivity index (χ1n) is 5.85. The van der Waals surface area contributed by atoms with Gasteiger partial charge in [-0.25, -0.2) is 4.98 Å². The summed E-state index contributed by atoms with van der Waals surface area (Å²) in [7, 11) is 0. The summed E-state index contributed by atoms with van der Waals surface area (Å²) in [6, 6.07) is 6.12. The van der Waals surface area contributed by atoms with Crippen molar-refractivity contribution in [3.8, 4) is 0 Å². The third kappa shape index (κ3) is 2.63. The summed E-state index contributed by atoms with van der Waals surface area (Å²) in [6.07, 6.45) is 2.10. The van der Waals surface area contributed by atoms with Gasteiger partial charge in [0.05, 0.1) is 16.4 Å². The average molecular weight is 303 g/mol. The van der Waals surface area contributed by atoms with Crippen LogP contribution in [0.25, 0.3) is 11.0 Å². The molecule has 2 nitrogen and oxygen atoms in total. The van der Waals surface area contributed by atoms with E-state index in [4.69, 9.17) is 23.2 Å². The second kappa shape index (κ2) is 5.72. The lowest BCUT2D eigenvalue weighted by Gasteiger charge is -2.17. The van der Waals surface area contributed by atoms with Crippen LogP contribution in [-0.4, -0.2) is 21.6 Å². The van der Waals surface area contributed by atoms with Crippen molar-refractivity contribution in [1.29, 1.82) is 0 Å². The van der Waals surface area contributed by atoms with E-state index in [1.54, 1.807) is 0 Å². The van der Waals surface area contributed by atoms with Gasteiger partial charge in [0.15, 0.2) is 0 Å². The van der Waals surface area contributed by atoms with Gasteiger partial charge in [0.2, 0.25) is 0 Å². The van der Waals surface area contributed by atoms with E-state index >= 15 is 0 Å². The molecule has 5 heteroatoms. The number of thioether (sulfide) groups is 1. The molecule has 1 heterocycles. The Hall–Kier alpha value is -0.380. The highest BCUT2D eigenvalue weighted by Crippen LogP contribution is 2.30. The van der Waals surface area contributed by atoms with Crippen LogP contribution in [0, 0.1) is 0 Å². The lowest BCUT2D eigenvalue weighted by atomic mass is 10.3. The van der Waals surface area contributed by atoms with Crippen molar-refractivity contribution < 1.29 is 0 Å². The molecule has 2 unspecified atom stereocenters. The molecular formula is C13H16Cl2N2S. The number of aromatic nitrogens is 2. The number of halogens is 2. The normalized spacial score (nSPS) is 14.9. The molecule has 2 rings (SSSR count). The minimum absolute atomic E-state index is 0.111. The van der Waals surface area contributed by atoms with Crippen LogP contribution in [0.5, 0.6) is 0 Å². The first-order valence-corrected chi connectivity index (χ1v) is 8.05. The number of fused-ring (bicyclic) bond motifs is 1. The minimum Gasteiger partial charge on any atom is -0.323 e. The molecule has 0 saturated carbocycles. The van der Waals surface area contributed by atoms with E-state index in [-0.39, 0.29) is 5.38 Å². The lowest BCUT2D eigenvalue weighted by Crippen LogP contribution is -2.11. The van der Waals surface area contributed by atoms with Crippen molar-refractivity contribution in [2.45, 2.75) is 25.3 Å². The van der Waals surface area contributed by atoms with Crippen LogP contribution in [0.1, 0.15) is 31.1 Å². The molecule has 1 aromatic carbocycles. The van der Waals surface area contributed by atoms with Gasteiger partial charge in [0, 0.05) is 16.8 Å². The van der Waals surface area contributed by atoms with Crippen LogP contribution < -0.4 is 0 Å². The van der Waals surface area contributed by atoms with Crippen LogP contribution in [0.4, 0.5) is 0 Å². The van der Waals surface area contributed by atoms with E-state index in [1.165, 1.54) is 0 Å². The molecule has 0 amide bonds. The van der Waals surface area contributed by atoms with Crippen molar-refractivity contribution in [2.24, 2.45) is 0 Å². The van der Waals surface area contributed by atoms with Gasteiger partial charge in [-0.3, -0.25) is 0 Å². The number of imidazole rings is 1. The largest absolute Gasteiger partial charge is 0.323 e. The Morgan fingerprint density at radius 2 is 2.11 bits per heavy atom. The molecule has 18 heavy (non-hydrogen) atoms. The first-order chi connectivity index (χ1) is 8.54. The number of nitrogens with zero attached hydrogens (tertiary/aromatic N) is 2. The Balaban J connectivity index is 2.64. The van der Waals surface area contributed by atoms with Crippen LogP contribution in [0.3, 0.4) is 0 Å². The van der Waals surface area contributed by atoms with E-state index < -0.39 is 0 Å². The molecule has 0 aliphatic carbocycles. The van der Waals surface area contributed by atoms with Crippen molar-refractivity contribution >= 4 is 46.0 Å². The van der Waals surface area contributed by atoms with Gasteiger partial charge in [-0.15, -0.1) is 11.6 Å². The molecule has 0 bridgehead atoms. The quantitative estimate of drug-likeness (QED) is 0.747. The molecule has 0 radical (unpaired) electrons.